The summed E-state index contributed by atoms with van der Waals surface area (Å²) in [7, 11) is 0. The molecule has 0 spiro atoms. The number of hydrogen-bond acceptors (Lipinski definition) is 4. The fraction of sp³-hybridized carbons (Fsp3) is 0.188. The number of ketones is 1. The Hall–Kier alpha value is -1.65. The molecule has 2 rings (SSSR count). The van der Waals surface area contributed by atoms with Crippen LogP contribution in [0.5, 0.6) is 5.75 Å². The highest BCUT2D eigenvalue weighted by molar-refractivity contribution is 7.99. The zero-order valence-corrected chi connectivity index (χ0v) is 13.2. The van der Waals surface area contributed by atoms with Crippen molar-refractivity contribution in [2.75, 3.05) is 18.1 Å². The summed E-state index contributed by atoms with van der Waals surface area (Å²) in [6.07, 6.45) is 0. The van der Waals surface area contributed by atoms with Gasteiger partial charge in [0.05, 0.1) is 12.2 Å². The van der Waals surface area contributed by atoms with Crippen LogP contribution in [0.1, 0.15) is 17.3 Å². The highest BCUT2D eigenvalue weighted by Crippen LogP contribution is 2.27. The SMILES string of the molecule is CC(=O)c1ccccc1OCCSc1ccc(Cl)cc1N. The standard InChI is InChI=1S/C16H16ClNO2S/c1-11(19)13-4-2-3-5-15(13)20-8-9-21-16-7-6-12(17)10-14(16)18/h2-7,10H,8-9,18H2,1H3. The summed E-state index contributed by atoms with van der Waals surface area (Å²) in [4.78, 5) is 12.5. The van der Waals surface area contributed by atoms with Crippen molar-refractivity contribution in [2.45, 2.75) is 11.8 Å². The molecule has 0 amide bonds. The zero-order chi connectivity index (χ0) is 15.2. The summed E-state index contributed by atoms with van der Waals surface area (Å²) >= 11 is 7.46. The predicted molar refractivity (Wildman–Crippen MR) is 88.5 cm³/mol. The number of halogens is 1. The molecule has 0 radical (unpaired) electrons. The van der Waals surface area contributed by atoms with Crippen LogP contribution in [-0.4, -0.2) is 18.1 Å². The summed E-state index contributed by atoms with van der Waals surface area (Å²) in [5.74, 6) is 1.35. The maximum absolute atomic E-state index is 11.5. The van der Waals surface area contributed by atoms with Crippen molar-refractivity contribution >= 4 is 34.8 Å². The number of carbonyl (C=O) groups excluding carboxylic acids is 1. The van der Waals surface area contributed by atoms with Gasteiger partial charge in [0.2, 0.25) is 0 Å². The van der Waals surface area contributed by atoms with E-state index in [1.807, 2.05) is 24.3 Å². The second kappa shape index (κ2) is 7.38. The summed E-state index contributed by atoms with van der Waals surface area (Å²) in [6, 6.07) is 12.7. The van der Waals surface area contributed by atoms with Crippen LogP contribution in [0.25, 0.3) is 0 Å². The van der Waals surface area contributed by atoms with Crippen LogP contribution in [0, 0.1) is 0 Å². The van der Waals surface area contributed by atoms with E-state index in [9.17, 15) is 4.79 Å². The minimum absolute atomic E-state index is 0.000184. The molecule has 0 fully saturated rings. The van der Waals surface area contributed by atoms with E-state index < -0.39 is 0 Å². The number of Topliss-reactive ketones (excluding diaryl/α,β-unsaturated/α-hetero) is 1. The molecule has 0 aliphatic rings. The van der Waals surface area contributed by atoms with E-state index in [-0.39, 0.29) is 5.78 Å². The number of carbonyl (C=O) groups is 1. The molecule has 2 aromatic rings. The van der Waals surface area contributed by atoms with Crippen LogP contribution in [0.4, 0.5) is 5.69 Å². The van der Waals surface area contributed by atoms with E-state index in [0.29, 0.717) is 28.6 Å². The van der Waals surface area contributed by atoms with Gasteiger partial charge in [0.15, 0.2) is 5.78 Å². The molecule has 5 heteroatoms. The predicted octanol–water partition coefficient (Wildman–Crippen LogP) is 4.30. The lowest BCUT2D eigenvalue weighted by molar-refractivity contribution is 0.101. The van der Waals surface area contributed by atoms with E-state index in [0.717, 1.165) is 10.6 Å². The number of anilines is 1. The lowest BCUT2D eigenvalue weighted by atomic mass is 10.1. The Morgan fingerprint density at radius 1 is 1.29 bits per heavy atom. The molecule has 0 heterocycles. The second-order valence-electron chi connectivity index (χ2n) is 4.43. The van der Waals surface area contributed by atoms with Crippen LogP contribution < -0.4 is 10.5 Å². The summed E-state index contributed by atoms with van der Waals surface area (Å²) < 4.78 is 5.68. The fourth-order valence-electron chi connectivity index (χ4n) is 1.84. The molecular weight excluding hydrogens is 306 g/mol. The van der Waals surface area contributed by atoms with E-state index in [2.05, 4.69) is 0 Å². The van der Waals surface area contributed by atoms with Crippen molar-refractivity contribution in [2.24, 2.45) is 0 Å². The first-order valence-electron chi connectivity index (χ1n) is 6.48. The lowest BCUT2D eigenvalue weighted by Gasteiger charge is -2.10. The van der Waals surface area contributed by atoms with E-state index in [1.54, 1.807) is 30.0 Å². The molecule has 0 saturated heterocycles. The van der Waals surface area contributed by atoms with E-state index >= 15 is 0 Å². The fourth-order valence-corrected chi connectivity index (χ4v) is 2.79. The number of benzene rings is 2. The quantitative estimate of drug-likeness (QED) is 0.373. The van der Waals surface area contributed by atoms with Gasteiger partial charge in [0.1, 0.15) is 5.75 Å². The van der Waals surface area contributed by atoms with Crippen LogP contribution in [0.2, 0.25) is 5.02 Å². The minimum atomic E-state index is 0.000184. The first-order chi connectivity index (χ1) is 10.1. The highest BCUT2D eigenvalue weighted by atomic mass is 35.5. The average Bonchev–Trinajstić information content (AvgIpc) is 2.45. The van der Waals surface area contributed by atoms with Gasteiger partial charge in [-0.05, 0) is 37.3 Å². The third-order valence-corrected chi connectivity index (χ3v) is 4.13. The Morgan fingerprint density at radius 3 is 2.76 bits per heavy atom. The molecule has 2 aromatic carbocycles. The number of rotatable bonds is 6. The normalized spacial score (nSPS) is 10.4. The zero-order valence-electron chi connectivity index (χ0n) is 11.6. The lowest BCUT2D eigenvalue weighted by Crippen LogP contribution is -2.04. The van der Waals surface area contributed by atoms with Gasteiger partial charge in [-0.25, -0.2) is 0 Å². The monoisotopic (exact) mass is 321 g/mol. The smallest absolute Gasteiger partial charge is 0.163 e. The molecule has 0 saturated carbocycles. The third kappa shape index (κ3) is 4.41. The molecule has 2 N–H and O–H groups in total. The Kier molecular flexibility index (Phi) is 5.53. The van der Waals surface area contributed by atoms with Gasteiger partial charge in [-0.3, -0.25) is 4.79 Å². The molecule has 0 unspecified atom stereocenters. The van der Waals surface area contributed by atoms with Crippen LogP contribution in [-0.2, 0) is 0 Å². The largest absolute Gasteiger partial charge is 0.492 e. The first kappa shape index (κ1) is 15.7. The van der Waals surface area contributed by atoms with Crippen LogP contribution in [0.15, 0.2) is 47.4 Å². The van der Waals surface area contributed by atoms with Gasteiger partial charge in [-0.2, -0.15) is 0 Å². The Labute approximate surface area is 133 Å². The average molecular weight is 322 g/mol. The van der Waals surface area contributed by atoms with Crippen LogP contribution >= 0.6 is 23.4 Å². The molecule has 0 aromatic heterocycles. The highest BCUT2D eigenvalue weighted by Gasteiger charge is 2.07. The Bertz CT molecular complexity index is 646. The number of ether oxygens (including phenoxy) is 1. The van der Waals surface area contributed by atoms with Crippen molar-refractivity contribution in [3.8, 4) is 5.75 Å². The summed E-state index contributed by atoms with van der Waals surface area (Å²) in [5.41, 5.74) is 7.16. The van der Waals surface area contributed by atoms with Gasteiger partial charge in [-0.1, -0.05) is 23.7 Å². The van der Waals surface area contributed by atoms with Crippen LogP contribution in [0.3, 0.4) is 0 Å². The third-order valence-electron chi connectivity index (χ3n) is 2.84. The first-order valence-corrected chi connectivity index (χ1v) is 7.85. The topological polar surface area (TPSA) is 52.3 Å². The minimum Gasteiger partial charge on any atom is -0.492 e. The molecule has 0 aliphatic heterocycles. The van der Waals surface area contributed by atoms with Crippen molar-refractivity contribution < 1.29 is 9.53 Å². The number of hydrogen-bond donors (Lipinski definition) is 1. The van der Waals surface area contributed by atoms with Gasteiger partial charge < -0.3 is 10.5 Å². The van der Waals surface area contributed by atoms with Crippen molar-refractivity contribution in [3.63, 3.8) is 0 Å². The number of para-hydroxylation sites is 1. The summed E-state index contributed by atoms with van der Waals surface area (Å²) in [6.45, 7) is 2.03. The van der Waals surface area contributed by atoms with Crippen molar-refractivity contribution in [3.05, 3.63) is 53.1 Å². The number of nitrogens with two attached hydrogens (primary N) is 1. The molecule has 3 nitrogen and oxygen atoms in total. The Morgan fingerprint density at radius 2 is 2.05 bits per heavy atom. The van der Waals surface area contributed by atoms with E-state index in [1.165, 1.54) is 6.92 Å². The molecule has 0 aliphatic carbocycles. The van der Waals surface area contributed by atoms with E-state index in [4.69, 9.17) is 22.1 Å². The van der Waals surface area contributed by atoms with Gasteiger partial charge >= 0.3 is 0 Å². The molecular formula is C16H16ClNO2S. The Balaban J connectivity index is 1.89. The molecule has 110 valence electrons. The summed E-state index contributed by atoms with van der Waals surface area (Å²) in [5, 5.41) is 0.628. The molecule has 0 bridgehead atoms. The second-order valence-corrected chi connectivity index (χ2v) is 6.00. The number of thioether (sulfide) groups is 1. The van der Waals surface area contributed by atoms with Gasteiger partial charge in [0, 0.05) is 21.4 Å². The van der Waals surface area contributed by atoms with Crippen molar-refractivity contribution in [1.82, 2.24) is 0 Å². The maximum atomic E-state index is 11.5. The maximum Gasteiger partial charge on any atom is 0.163 e. The van der Waals surface area contributed by atoms with Gasteiger partial charge in [0.25, 0.3) is 0 Å². The number of nitrogen functional groups attached to an aromatic ring is 1. The van der Waals surface area contributed by atoms with Crippen molar-refractivity contribution in [1.29, 1.82) is 0 Å². The van der Waals surface area contributed by atoms with Gasteiger partial charge in [-0.15, -0.1) is 11.8 Å². The molecule has 21 heavy (non-hydrogen) atoms. The molecule has 0 atom stereocenters.